The van der Waals surface area contributed by atoms with E-state index in [1.54, 1.807) is 36.8 Å². The van der Waals surface area contributed by atoms with Crippen LogP contribution in [0.2, 0.25) is 0 Å². The highest BCUT2D eigenvalue weighted by molar-refractivity contribution is 5.80. The Balaban J connectivity index is 0.00000132. The summed E-state index contributed by atoms with van der Waals surface area (Å²) in [6, 6.07) is 12.1. The minimum absolute atomic E-state index is 0.334. The number of rotatable bonds is 5. The molecule has 3 N–H and O–H groups in total. The molecule has 4 rings (SSSR count). The highest BCUT2D eigenvalue weighted by Crippen LogP contribution is 2.30. The highest BCUT2D eigenvalue weighted by Gasteiger charge is 2.29. The van der Waals surface area contributed by atoms with Gasteiger partial charge in [-0.2, -0.15) is 13.2 Å². The fraction of sp³-hybridized carbons (Fsp3) is 0.217. The lowest BCUT2D eigenvalue weighted by atomic mass is 10.0. The number of nitrogens with one attached hydrogen (secondary N) is 2. The van der Waals surface area contributed by atoms with E-state index in [2.05, 4.69) is 20.3 Å². The van der Waals surface area contributed by atoms with Crippen molar-refractivity contribution in [2.75, 3.05) is 5.32 Å². The number of fused-ring (bicyclic) bond motifs is 1. The van der Waals surface area contributed by atoms with Gasteiger partial charge < -0.3 is 15.4 Å². The second-order valence-corrected chi connectivity index (χ2v) is 6.57. The number of pyridine rings is 2. The van der Waals surface area contributed by atoms with Crippen molar-refractivity contribution in [2.45, 2.75) is 32.7 Å². The molecule has 0 aliphatic rings. The third kappa shape index (κ3) is 5.21. The molecule has 0 saturated heterocycles. The summed E-state index contributed by atoms with van der Waals surface area (Å²) < 4.78 is 37.8. The normalized spacial score (nSPS) is 12.2. The average Bonchev–Trinajstić information content (AvgIpc) is 3.23. The van der Waals surface area contributed by atoms with Crippen LogP contribution in [0.5, 0.6) is 0 Å². The Morgan fingerprint density at radius 2 is 1.77 bits per heavy atom. The van der Waals surface area contributed by atoms with Gasteiger partial charge in [-0.05, 0) is 35.9 Å². The van der Waals surface area contributed by atoms with Crippen LogP contribution >= 0.6 is 0 Å². The Labute approximate surface area is 178 Å². The van der Waals surface area contributed by atoms with E-state index in [0.717, 1.165) is 17.5 Å². The molecule has 0 bridgehead atoms. The zero-order chi connectivity index (χ0) is 22.4. The number of anilines is 1. The Bertz CT molecular complexity index is 1110. The summed E-state index contributed by atoms with van der Waals surface area (Å²) in [7, 11) is 0. The predicted molar refractivity (Wildman–Crippen MR) is 115 cm³/mol. The van der Waals surface area contributed by atoms with Crippen molar-refractivity contribution in [1.29, 1.82) is 0 Å². The number of alkyl halides is 3. The molecule has 0 radical (unpaired) electrons. The van der Waals surface area contributed by atoms with Gasteiger partial charge in [0.1, 0.15) is 17.6 Å². The predicted octanol–water partition coefficient (Wildman–Crippen LogP) is 5.70. The van der Waals surface area contributed by atoms with Gasteiger partial charge in [-0.1, -0.05) is 32.0 Å². The SMILES string of the molecule is CC.OC(c1ccc(NCc2ccc(C(F)(F)F)cc2)nc1)c1c[nH]c2ncccc12. The molecule has 5 nitrogen and oxygen atoms in total. The summed E-state index contributed by atoms with van der Waals surface area (Å²) in [5.74, 6) is 0.557. The number of nitrogens with zero attached hydrogens (tertiary/aromatic N) is 2. The van der Waals surface area contributed by atoms with E-state index in [-0.39, 0.29) is 0 Å². The molecule has 4 aromatic rings. The van der Waals surface area contributed by atoms with Crippen molar-refractivity contribution < 1.29 is 18.3 Å². The Morgan fingerprint density at radius 3 is 2.42 bits per heavy atom. The molecule has 3 aromatic heterocycles. The third-order valence-electron chi connectivity index (χ3n) is 4.63. The molecule has 0 fully saturated rings. The van der Waals surface area contributed by atoms with Gasteiger partial charge >= 0.3 is 6.18 Å². The first-order valence-electron chi connectivity index (χ1n) is 9.88. The van der Waals surface area contributed by atoms with Crippen LogP contribution < -0.4 is 5.32 Å². The monoisotopic (exact) mass is 428 g/mol. The zero-order valence-electron chi connectivity index (χ0n) is 17.1. The van der Waals surface area contributed by atoms with E-state index in [4.69, 9.17) is 0 Å². The Hall–Kier alpha value is -3.39. The molecule has 0 aliphatic heterocycles. The maximum Gasteiger partial charge on any atom is 0.416 e. The number of aromatic nitrogens is 3. The number of aliphatic hydroxyl groups excluding tert-OH is 1. The first-order valence-corrected chi connectivity index (χ1v) is 9.88. The number of aliphatic hydroxyl groups is 1. The van der Waals surface area contributed by atoms with E-state index in [1.165, 1.54) is 12.1 Å². The smallest absolute Gasteiger partial charge is 0.384 e. The van der Waals surface area contributed by atoms with Gasteiger partial charge in [-0.15, -0.1) is 0 Å². The van der Waals surface area contributed by atoms with Crippen LogP contribution in [0.3, 0.4) is 0 Å². The Kier molecular flexibility index (Phi) is 6.91. The standard InChI is InChI=1S/C21H17F3N4O.C2H6/c22-21(23,24)15-6-3-13(4-7-15)10-26-18-8-5-14(11-27-18)19(29)17-12-28-20-16(17)2-1-9-25-20;1-2/h1-9,11-12,19,29H,10H2,(H,25,28)(H,26,27);1-2H3. The van der Waals surface area contributed by atoms with Crippen LogP contribution in [0.4, 0.5) is 19.0 Å². The van der Waals surface area contributed by atoms with Crippen molar-refractivity contribution in [3.63, 3.8) is 0 Å². The van der Waals surface area contributed by atoms with Crippen LogP contribution in [0.25, 0.3) is 11.0 Å². The van der Waals surface area contributed by atoms with E-state index in [1.807, 2.05) is 19.9 Å². The van der Waals surface area contributed by atoms with Gasteiger partial charge in [0, 0.05) is 41.6 Å². The van der Waals surface area contributed by atoms with E-state index in [9.17, 15) is 18.3 Å². The van der Waals surface area contributed by atoms with Crippen LogP contribution in [-0.2, 0) is 12.7 Å². The van der Waals surface area contributed by atoms with Crippen LogP contribution in [0, 0.1) is 0 Å². The molecule has 0 saturated carbocycles. The third-order valence-corrected chi connectivity index (χ3v) is 4.63. The fourth-order valence-corrected chi connectivity index (χ4v) is 3.06. The number of hydrogen-bond donors (Lipinski definition) is 3. The van der Waals surface area contributed by atoms with E-state index in [0.29, 0.717) is 34.7 Å². The molecule has 0 amide bonds. The number of hydrogen-bond acceptors (Lipinski definition) is 4. The average molecular weight is 428 g/mol. The molecular weight excluding hydrogens is 405 g/mol. The van der Waals surface area contributed by atoms with E-state index < -0.39 is 17.8 Å². The quantitative estimate of drug-likeness (QED) is 0.381. The lowest BCUT2D eigenvalue weighted by Crippen LogP contribution is -2.06. The van der Waals surface area contributed by atoms with E-state index >= 15 is 0 Å². The van der Waals surface area contributed by atoms with Crippen molar-refractivity contribution >= 4 is 16.9 Å². The second-order valence-electron chi connectivity index (χ2n) is 6.57. The first-order chi connectivity index (χ1) is 14.9. The van der Waals surface area contributed by atoms with Crippen molar-refractivity contribution in [1.82, 2.24) is 15.0 Å². The number of halogens is 3. The summed E-state index contributed by atoms with van der Waals surface area (Å²) in [6.45, 7) is 4.33. The molecule has 31 heavy (non-hydrogen) atoms. The summed E-state index contributed by atoms with van der Waals surface area (Å²) in [5, 5.41) is 14.6. The minimum Gasteiger partial charge on any atom is -0.384 e. The first kappa shape index (κ1) is 22.3. The van der Waals surface area contributed by atoms with Crippen molar-refractivity contribution in [3.8, 4) is 0 Å². The van der Waals surface area contributed by atoms with Crippen molar-refractivity contribution in [3.05, 3.63) is 89.4 Å². The summed E-state index contributed by atoms with van der Waals surface area (Å²) >= 11 is 0. The summed E-state index contributed by atoms with van der Waals surface area (Å²) in [6.07, 6.45) is -0.239. The molecule has 1 atom stereocenters. The fourth-order valence-electron chi connectivity index (χ4n) is 3.06. The molecule has 1 unspecified atom stereocenters. The number of benzene rings is 1. The van der Waals surface area contributed by atoms with Crippen LogP contribution in [0.15, 0.2) is 67.1 Å². The largest absolute Gasteiger partial charge is 0.416 e. The summed E-state index contributed by atoms with van der Waals surface area (Å²) in [5.41, 5.74) is 2.06. The number of aromatic amines is 1. The van der Waals surface area contributed by atoms with Gasteiger partial charge in [0.05, 0.1) is 5.56 Å². The molecule has 0 aliphatic carbocycles. The van der Waals surface area contributed by atoms with Gasteiger partial charge in [0.15, 0.2) is 0 Å². The van der Waals surface area contributed by atoms with Gasteiger partial charge in [0.25, 0.3) is 0 Å². The molecule has 162 valence electrons. The zero-order valence-corrected chi connectivity index (χ0v) is 17.1. The van der Waals surface area contributed by atoms with Gasteiger partial charge in [0.2, 0.25) is 0 Å². The number of H-pyrrole nitrogens is 1. The second kappa shape index (κ2) is 9.61. The lowest BCUT2D eigenvalue weighted by molar-refractivity contribution is -0.137. The van der Waals surface area contributed by atoms with Crippen LogP contribution in [0.1, 0.15) is 42.2 Å². The molecule has 3 heterocycles. The molecule has 1 aromatic carbocycles. The van der Waals surface area contributed by atoms with Crippen LogP contribution in [-0.4, -0.2) is 20.1 Å². The minimum atomic E-state index is -4.34. The van der Waals surface area contributed by atoms with Gasteiger partial charge in [-0.25, -0.2) is 9.97 Å². The summed E-state index contributed by atoms with van der Waals surface area (Å²) in [4.78, 5) is 11.5. The Morgan fingerprint density at radius 1 is 1.03 bits per heavy atom. The maximum absolute atomic E-state index is 12.6. The lowest BCUT2D eigenvalue weighted by Gasteiger charge is -2.12. The topological polar surface area (TPSA) is 73.8 Å². The maximum atomic E-state index is 12.6. The highest BCUT2D eigenvalue weighted by atomic mass is 19.4. The van der Waals surface area contributed by atoms with Gasteiger partial charge in [-0.3, -0.25) is 0 Å². The molecular formula is C23H23F3N4O. The molecule has 8 heteroatoms. The molecule has 0 spiro atoms. The van der Waals surface area contributed by atoms with Crippen molar-refractivity contribution in [2.24, 2.45) is 0 Å².